The number of carbonyl (C=O) groups excluding carboxylic acids is 1. The Morgan fingerprint density at radius 2 is 2.24 bits per heavy atom. The van der Waals surface area contributed by atoms with Crippen LogP contribution in [0.3, 0.4) is 0 Å². The molecule has 0 saturated carbocycles. The molecule has 112 valence electrons. The Labute approximate surface area is 132 Å². The Morgan fingerprint density at radius 3 is 2.95 bits per heavy atom. The number of aliphatic imine (C=N–C) groups is 1. The van der Waals surface area contributed by atoms with Crippen molar-refractivity contribution < 1.29 is 9.18 Å². The van der Waals surface area contributed by atoms with Gasteiger partial charge in [0.1, 0.15) is 10.2 Å². The van der Waals surface area contributed by atoms with Crippen molar-refractivity contribution in [1.29, 1.82) is 0 Å². The third-order valence-electron chi connectivity index (χ3n) is 3.55. The molecular weight excluding hydrogens is 307 g/mol. The van der Waals surface area contributed by atoms with Gasteiger partial charge in [-0.25, -0.2) is 4.39 Å². The van der Waals surface area contributed by atoms with Gasteiger partial charge in [0.25, 0.3) is 0 Å². The van der Waals surface area contributed by atoms with Crippen molar-refractivity contribution in [2.24, 2.45) is 4.99 Å². The Balaban J connectivity index is 1.75. The molecule has 2 aliphatic rings. The molecule has 0 bridgehead atoms. The number of para-hydroxylation sites is 1. The largest absolute Gasteiger partial charge is 0.309 e. The van der Waals surface area contributed by atoms with Crippen LogP contribution >= 0.6 is 23.5 Å². The van der Waals surface area contributed by atoms with E-state index in [0.717, 1.165) is 23.0 Å². The van der Waals surface area contributed by atoms with E-state index in [-0.39, 0.29) is 17.0 Å². The molecule has 0 spiro atoms. The quantitative estimate of drug-likeness (QED) is 0.834. The zero-order valence-corrected chi connectivity index (χ0v) is 13.4. The molecule has 2 atom stereocenters. The number of rotatable bonds is 2. The summed E-state index contributed by atoms with van der Waals surface area (Å²) in [6, 6.07) is 6.81. The van der Waals surface area contributed by atoms with Crippen LogP contribution < -0.4 is 4.90 Å². The summed E-state index contributed by atoms with van der Waals surface area (Å²) in [6.07, 6.45) is 1.73. The predicted octanol–water partition coefficient (Wildman–Crippen LogP) is 3.55. The molecule has 2 heterocycles. The number of hydrogen-bond donors (Lipinski definition) is 0. The topological polar surface area (TPSA) is 32.7 Å². The van der Waals surface area contributed by atoms with Gasteiger partial charge in [-0.1, -0.05) is 35.7 Å². The number of carbonyl (C=O) groups is 1. The molecule has 0 aliphatic carbocycles. The predicted molar refractivity (Wildman–Crippen MR) is 88.7 cm³/mol. The lowest BCUT2D eigenvalue weighted by molar-refractivity contribution is -0.119. The smallest absolute Gasteiger partial charge is 0.240 e. The van der Waals surface area contributed by atoms with Crippen molar-refractivity contribution in [2.45, 2.75) is 31.1 Å². The number of anilines is 1. The molecule has 0 N–H and O–H groups in total. The Kier molecular flexibility index (Phi) is 4.54. The Hall–Kier alpha value is -1.01. The average Bonchev–Trinajstić information content (AvgIpc) is 2.88. The minimum atomic E-state index is -0.335. The van der Waals surface area contributed by atoms with Crippen LogP contribution in [0.5, 0.6) is 0 Å². The van der Waals surface area contributed by atoms with E-state index in [1.165, 1.54) is 6.07 Å². The standard InChI is InChI=1S/C15H17FN2OS2/c1-10-9-20-15(17-10)21-13-7-4-8-18(14(13)19)12-6-3-2-5-11(12)16/h2-3,5-6,10,13H,4,7-9H2,1H3/t10-,13+/m0/s1. The van der Waals surface area contributed by atoms with Gasteiger partial charge in [0, 0.05) is 12.3 Å². The van der Waals surface area contributed by atoms with E-state index < -0.39 is 0 Å². The van der Waals surface area contributed by atoms with Crippen molar-refractivity contribution >= 4 is 39.5 Å². The molecule has 1 fully saturated rings. The maximum atomic E-state index is 13.9. The zero-order valence-electron chi connectivity index (χ0n) is 11.8. The number of piperidine rings is 1. The average molecular weight is 324 g/mol. The summed E-state index contributed by atoms with van der Waals surface area (Å²) in [5.41, 5.74) is 0.391. The fraction of sp³-hybridized carbons (Fsp3) is 0.467. The number of nitrogens with zero attached hydrogens (tertiary/aromatic N) is 2. The van der Waals surface area contributed by atoms with Gasteiger partial charge in [0.2, 0.25) is 5.91 Å². The molecule has 1 aromatic rings. The van der Waals surface area contributed by atoms with Gasteiger partial charge < -0.3 is 4.90 Å². The lowest BCUT2D eigenvalue weighted by Gasteiger charge is -2.32. The molecule has 0 aromatic heterocycles. The summed E-state index contributed by atoms with van der Waals surface area (Å²) >= 11 is 3.26. The van der Waals surface area contributed by atoms with Gasteiger partial charge in [0.15, 0.2) is 0 Å². The third kappa shape index (κ3) is 3.26. The Bertz CT molecular complexity index is 579. The van der Waals surface area contributed by atoms with E-state index in [0.29, 0.717) is 18.3 Å². The molecule has 0 unspecified atom stereocenters. The van der Waals surface area contributed by atoms with Crippen molar-refractivity contribution in [3.05, 3.63) is 30.1 Å². The maximum Gasteiger partial charge on any atom is 0.240 e. The van der Waals surface area contributed by atoms with Crippen LogP contribution in [0.25, 0.3) is 0 Å². The van der Waals surface area contributed by atoms with Gasteiger partial charge in [-0.2, -0.15) is 0 Å². The van der Waals surface area contributed by atoms with Gasteiger partial charge in [-0.3, -0.25) is 9.79 Å². The van der Waals surface area contributed by atoms with Crippen LogP contribution in [0.1, 0.15) is 19.8 Å². The zero-order chi connectivity index (χ0) is 14.8. The molecule has 2 aliphatic heterocycles. The molecule has 6 heteroatoms. The number of halogens is 1. The van der Waals surface area contributed by atoms with Crippen LogP contribution in [-0.4, -0.2) is 33.9 Å². The van der Waals surface area contributed by atoms with Crippen LogP contribution in [-0.2, 0) is 4.79 Å². The first kappa shape index (κ1) is 14.9. The summed E-state index contributed by atoms with van der Waals surface area (Å²) in [4.78, 5) is 18.7. The van der Waals surface area contributed by atoms with Gasteiger partial charge in [-0.05, 0) is 31.9 Å². The van der Waals surface area contributed by atoms with E-state index in [1.807, 2.05) is 0 Å². The van der Waals surface area contributed by atoms with E-state index in [1.54, 1.807) is 46.6 Å². The molecule has 3 rings (SSSR count). The molecule has 21 heavy (non-hydrogen) atoms. The number of benzene rings is 1. The molecule has 0 radical (unpaired) electrons. The normalized spacial score (nSPS) is 26.1. The SMILES string of the molecule is C[C@H]1CSC(S[C@@H]2CCCN(c3ccccc3F)C2=O)=N1. The van der Waals surface area contributed by atoms with Gasteiger partial charge in [-0.15, -0.1) is 0 Å². The highest BCUT2D eigenvalue weighted by Crippen LogP contribution is 2.34. The van der Waals surface area contributed by atoms with E-state index in [2.05, 4.69) is 11.9 Å². The molecule has 1 amide bonds. The highest BCUT2D eigenvalue weighted by Gasteiger charge is 2.33. The summed E-state index contributed by atoms with van der Waals surface area (Å²) in [5.74, 6) is 0.650. The van der Waals surface area contributed by atoms with Crippen LogP contribution in [0.2, 0.25) is 0 Å². The fourth-order valence-electron chi connectivity index (χ4n) is 2.49. The van der Waals surface area contributed by atoms with E-state index in [9.17, 15) is 9.18 Å². The highest BCUT2D eigenvalue weighted by atomic mass is 32.2. The summed E-state index contributed by atoms with van der Waals surface area (Å²) in [6.45, 7) is 2.67. The number of thioether (sulfide) groups is 2. The molecule has 3 nitrogen and oxygen atoms in total. The van der Waals surface area contributed by atoms with Crippen molar-refractivity contribution in [3.63, 3.8) is 0 Å². The van der Waals surface area contributed by atoms with Crippen molar-refractivity contribution in [3.8, 4) is 0 Å². The van der Waals surface area contributed by atoms with Crippen LogP contribution in [0, 0.1) is 5.82 Å². The second-order valence-corrected chi connectivity index (χ2v) is 7.70. The van der Waals surface area contributed by atoms with Crippen molar-refractivity contribution in [1.82, 2.24) is 0 Å². The second-order valence-electron chi connectivity index (χ2n) is 5.25. The highest BCUT2D eigenvalue weighted by molar-refractivity contribution is 8.39. The fourth-order valence-corrected chi connectivity index (χ4v) is 5.03. The lowest BCUT2D eigenvalue weighted by Crippen LogP contribution is -2.43. The summed E-state index contributed by atoms with van der Waals surface area (Å²) < 4.78 is 14.9. The number of hydrogen-bond acceptors (Lipinski definition) is 4. The molecular formula is C15H17FN2OS2. The summed E-state index contributed by atoms with van der Waals surface area (Å²) in [5, 5.41) is -0.144. The molecule has 1 aromatic carbocycles. The number of amides is 1. The Morgan fingerprint density at radius 1 is 1.43 bits per heavy atom. The maximum absolute atomic E-state index is 13.9. The van der Waals surface area contributed by atoms with Crippen molar-refractivity contribution in [2.75, 3.05) is 17.2 Å². The van der Waals surface area contributed by atoms with Gasteiger partial charge >= 0.3 is 0 Å². The minimum Gasteiger partial charge on any atom is -0.309 e. The second kappa shape index (κ2) is 6.40. The molecule has 1 saturated heterocycles. The van der Waals surface area contributed by atoms with E-state index >= 15 is 0 Å². The summed E-state index contributed by atoms with van der Waals surface area (Å²) in [7, 11) is 0. The third-order valence-corrected chi connectivity index (χ3v) is 6.22. The lowest BCUT2D eigenvalue weighted by atomic mass is 10.1. The first-order valence-corrected chi connectivity index (χ1v) is 8.95. The van der Waals surface area contributed by atoms with Gasteiger partial charge in [0.05, 0.1) is 17.0 Å². The van der Waals surface area contributed by atoms with Crippen LogP contribution in [0.15, 0.2) is 29.3 Å². The minimum absolute atomic E-state index is 0.000738. The first-order chi connectivity index (χ1) is 10.1. The van der Waals surface area contributed by atoms with E-state index in [4.69, 9.17) is 0 Å². The first-order valence-electron chi connectivity index (χ1n) is 7.08. The van der Waals surface area contributed by atoms with Crippen LogP contribution in [0.4, 0.5) is 10.1 Å². The monoisotopic (exact) mass is 324 g/mol.